The molecule has 5 heteroatoms. The van der Waals surface area contributed by atoms with E-state index in [1.165, 1.54) is 0 Å². The first-order chi connectivity index (χ1) is 6.03. The molecule has 1 fully saturated rings. The van der Waals surface area contributed by atoms with Crippen molar-refractivity contribution in [3.63, 3.8) is 0 Å². The van der Waals surface area contributed by atoms with E-state index >= 15 is 0 Å². The Kier molecular flexibility index (Phi) is 3.24. The van der Waals surface area contributed by atoms with Crippen LogP contribution in [0, 0.1) is 0 Å². The Morgan fingerprint density at radius 1 is 1.85 bits per heavy atom. The predicted octanol–water partition coefficient (Wildman–Crippen LogP) is -1.40. The summed E-state index contributed by atoms with van der Waals surface area (Å²) in [6, 6.07) is -0.536. The van der Waals surface area contributed by atoms with Crippen molar-refractivity contribution < 1.29 is 14.6 Å². The Hall–Kier alpha value is -0.650. The van der Waals surface area contributed by atoms with Gasteiger partial charge in [0.1, 0.15) is 5.60 Å². The van der Waals surface area contributed by atoms with Crippen molar-refractivity contribution in [3.8, 4) is 0 Å². The van der Waals surface area contributed by atoms with Gasteiger partial charge >= 0.3 is 0 Å². The summed E-state index contributed by atoms with van der Waals surface area (Å²) in [6.07, 6.45) is 0.562. The summed E-state index contributed by atoms with van der Waals surface area (Å²) in [5.74, 6) is -0.250. The van der Waals surface area contributed by atoms with Gasteiger partial charge in [0, 0.05) is 19.6 Å². The molecule has 0 saturated carbocycles. The lowest BCUT2D eigenvalue weighted by Gasteiger charge is -2.21. The highest BCUT2D eigenvalue weighted by atomic mass is 16.5. The molecule has 0 bridgehead atoms. The van der Waals surface area contributed by atoms with Crippen molar-refractivity contribution in [2.75, 3.05) is 19.8 Å². The third-order valence-corrected chi connectivity index (χ3v) is 2.09. The first-order valence-electron chi connectivity index (χ1n) is 4.37. The second kappa shape index (κ2) is 4.04. The van der Waals surface area contributed by atoms with E-state index in [4.69, 9.17) is 10.5 Å². The molecule has 1 unspecified atom stereocenters. The standard InChI is InChI=1S/C8H16N2O3/c1-6(9)7(11)10-4-8(12)2-3-13-5-8/h6,12H,2-5,9H2,1H3,(H,10,11)/t6-,8?/m0/s1. The van der Waals surface area contributed by atoms with Crippen molar-refractivity contribution in [1.29, 1.82) is 0 Å². The van der Waals surface area contributed by atoms with Crippen LogP contribution in [0.1, 0.15) is 13.3 Å². The topological polar surface area (TPSA) is 84.6 Å². The van der Waals surface area contributed by atoms with E-state index in [1.807, 2.05) is 0 Å². The van der Waals surface area contributed by atoms with Crippen molar-refractivity contribution in [3.05, 3.63) is 0 Å². The summed E-state index contributed by atoms with van der Waals surface area (Å²) < 4.78 is 5.02. The van der Waals surface area contributed by atoms with E-state index in [0.717, 1.165) is 0 Å². The van der Waals surface area contributed by atoms with Crippen LogP contribution in [0.15, 0.2) is 0 Å². The quantitative estimate of drug-likeness (QED) is 0.508. The Morgan fingerprint density at radius 3 is 3.00 bits per heavy atom. The van der Waals surface area contributed by atoms with Gasteiger partial charge in [0.05, 0.1) is 12.6 Å². The monoisotopic (exact) mass is 188 g/mol. The molecule has 0 spiro atoms. The van der Waals surface area contributed by atoms with Crippen molar-refractivity contribution in [2.24, 2.45) is 5.73 Å². The molecule has 5 nitrogen and oxygen atoms in total. The van der Waals surface area contributed by atoms with Crippen LogP contribution in [0.5, 0.6) is 0 Å². The van der Waals surface area contributed by atoms with Crippen LogP contribution < -0.4 is 11.1 Å². The van der Waals surface area contributed by atoms with Gasteiger partial charge in [-0.05, 0) is 6.92 Å². The highest BCUT2D eigenvalue weighted by Gasteiger charge is 2.32. The normalized spacial score (nSPS) is 30.1. The van der Waals surface area contributed by atoms with E-state index in [0.29, 0.717) is 13.0 Å². The highest BCUT2D eigenvalue weighted by molar-refractivity contribution is 5.81. The summed E-state index contributed by atoms with van der Waals surface area (Å²) in [5, 5.41) is 12.3. The van der Waals surface area contributed by atoms with Crippen LogP contribution in [0.2, 0.25) is 0 Å². The van der Waals surface area contributed by atoms with Gasteiger partial charge in [-0.3, -0.25) is 4.79 Å². The molecule has 0 aliphatic carbocycles. The molecule has 1 amide bonds. The number of rotatable bonds is 3. The van der Waals surface area contributed by atoms with Crippen LogP contribution in [0.25, 0.3) is 0 Å². The predicted molar refractivity (Wildman–Crippen MR) is 47.0 cm³/mol. The summed E-state index contributed by atoms with van der Waals surface area (Å²) in [5.41, 5.74) is 4.44. The number of aliphatic hydroxyl groups is 1. The molecule has 0 aromatic carbocycles. The van der Waals surface area contributed by atoms with Crippen molar-refractivity contribution in [2.45, 2.75) is 25.0 Å². The molecule has 0 radical (unpaired) electrons. The zero-order valence-electron chi connectivity index (χ0n) is 7.75. The maximum atomic E-state index is 11.1. The molecule has 76 valence electrons. The van der Waals surface area contributed by atoms with E-state index in [1.54, 1.807) is 6.92 Å². The van der Waals surface area contributed by atoms with Crippen molar-refractivity contribution >= 4 is 5.91 Å². The average Bonchev–Trinajstić information content (AvgIpc) is 2.48. The Bertz CT molecular complexity index is 188. The van der Waals surface area contributed by atoms with Crippen LogP contribution in [-0.2, 0) is 9.53 Å². The molecule has 1 heterocycles. The molecule has 1 aliphatic heterocycles. The van der Waals surface area contributed by atoms with Gasteiger partial charge in [-0.25, -0.2) is 0 Å². The third kappa shape index (κ3) is 2.95. The van der Waals surface area contributed by atoms with Gasteiger partial charge in [-0.1, -0.05) is 0 Å². The smallest absolute Gasteiger partial charge is 0.236 e. The largest absolute Gasteiger partial charge is 0.386 e. The fourth-order valence-electron chi connectivity index (χ4n) is 1.15. The Morgan fingerprint density at radius 2 is 2.54 bits per heavy atom. The number of nitrogens with two attached hydrogens (primary N) is 1. The molecule has 2 atom stereocenters. The molecular formula is C8H16N2O3. The maximum absolute atomic E-state index is 11.1. The number of hydrogen-bond acceptors (Lipinski definition) is 4. The summed E-state index contributed by atoms with van der Waals surface area (Å²) in [7, 11) is 0. The molecule has 4 N–H and O–H groups in total. The molecular weight excluding hydrogens is 172 g/mol. The second-order valence-electron chi connectivity index (χ2n) is 3.53. The number of carbonyl (C=O) groups excluding carboxylic acids is 1. The average molecular weight is 188 g/mol. The van der Waals surface area contributed by atoms with Gasteiger partial charge in [-0.2, -0.15) is 0 Å². The first kappa shape index (κ1) is 10.4. The molecule has 0 aromatic rings. The number of ether oxygens (including phenoxy) is 1. The zero-order valence-corrected chi connectivity index (χ0v) is 7.75. The van der Waals surface area contributed by atoms with Crippen LogP contribution >= 0.6 is 0 Å². The lowest BCUT2D eigenvalue weighted by molar-refractivity contribution is -0.123. The van der Waals surface area contributed by atoms with Gasteiger partial charge in [0.15, 0.2) is 0 Å². The van der Waals surface area contributed by atoms with Crippen molar-refractivity contribution in [1.82, 2.24) is 5.32 Å². The molecule has 0 aromatic heterocycles. The number of carbonyl (C=O) groups is 1. The van der Waals surface area contributed by atoms with Gasteiger partial charge in [0.2, 0.25) is 5.91 Å². The molecule has 1 rings (SSSR count). The minimum Gasteiger partial charge on any atom is -0.386 e. The SMILES string of the molecule is C[C@H](N)C(=O)NCC1(O)CCOC1. The van der Waals surface area contributed by atoms with Gasteiger partial charge < -0.3 is 20.9 Å². The number of hydrogen-bond donors (Lipinski definition) is 3. The second-order valence-corrected chi connectivity index (χ2v) is 3.53. The van der Waals surface area contributed by atoms with Crippen LogP contribution in [-0.4, -0.2) is 42.4 Å². The Labute approximate surface area is 77.2 Å². The molecule has 1 saturated heterocycles. The number of amides is 1. The van der Waals surface area contributed by atoms with Crippen LogP contribution in [0.3, 0.4) is 0 Å². The molecule has 13 heavy (non-hydrogen) atoms. The summed E-state index contributed by atoms with van der Waals surface area (Å²) >= 11 is 0. The van der Waals surface area contributed by atoms with E-state index in [-0.39, 0.29) is 19.1 Å². The third-order valence-electron chi connectivity index (χ3n) is 2.09. The minimum atomic E-state index is -0.898. The lowest BCUT2D eigenvalue weighted by atomic mass is 10.0. The van der Waals surface area contributed by atoms with E-state index < -0.39 is 11.6 Å². The lowest BCUT2D eigenvalue weighted by Crippen LogP contribution is -2.47. The molecule has 1 aliphatic rings. The maximum Gasteiger partial charge on any atom is 0.236 e. The van der Waals surface area contributed by atoms with Gasteiger partial charge in [0.25, 0.3) is 0 Å². The fraction of sp³-hybridized carbons (Fsp3) is 0.875. The fourth-order valence-corrected chi connectivity index (χ4v) is 1.15. The van der Waals surface area contributed by atoms with E-state index in [9.17, 15) is 9.90 Å². The highest BCUT2D eigenvalue weighted by Crippen LogP contribution is 2.16. The number of nitrogens with one attached hydrogen (secondary N) is 1. The summed E-state index contributed by atoms with van der Waals surface area (Å²) in [6.45, 7) is 2.65. The minimum absolute atomic E-state index is 0.216. The Balaban J connectivity index is 2.29. The summed E-state index contributed by atoms with van der Waals surface area (Å²) in [4.78, 5) is 11.1. The van der Waals surface area contributed by atoms with E-state index in [2.05, 4.69) is 5.32 Å². The van der Waals surface area contributed by atoms with Gasteiger partial charge in [-0.15, -0.1) is 0 Å². The first-order valence-corrected chi connectivity index (χ1v) is 4.37. The zero-order chi connectivity index (χ0) is 9.90. The van der Waals surface area contributed by atoms with Crippen LogP contribution in [0.4, 0.5) is 0 Å².